The van der Waals surface area contributed by atoms with E-state index in [1.165, 1.54) is 9.21 Å². The maximum Gasteiger partial charge on any atom is 0.243 e. The fourth-order valence-corrected chi connectivity index (χ4v) is 5.70. The summed E-state index contributed by atoms with van der Waals surface area (Å²) in [4.78, 5) is 28.0. The molecule has 2 aromatic rings. The lowest BCUT2D eigenvalue weighted by atomic mass is 10.1. The number of nitrogens with zero attached hydrogens (tertiary/aromatic N) is 2. The molecule has 0 fully saturated rings. The smallest absolute Gasteiger partial charge is 0.243 e. The summed E-state index contributed by atoms with van der Waals surface area (Å²) in [6.07, 6.45) is 1.74. The highest BCUT2D eigenvalue weighted by atomic mass is 35.5. The van der Waals surface area contributed by atoms with E-state index in [4.69, 9.17) is 34.8 Å². The van der Waals surface area contributed by atoms with Gasteiger partial charge in [-0.3, -0.25) is 13.9 Å². The first-order valence-corrected chi connectivity index (χ1v) is 15.0. The third kappa shape index (κ3) is 8.50. The lowest BCUT2D eigenvalue weighted by Gasteiger charge is -2.32. The Morgan fingerprint density at radius 2 is 1.57 bits per heavy atom. The molecule has 0 heterocycles. The molecule has 0 aliphatic rings. The fourth-order valence-electron chi connectivity index (χ4n) is 4.00. The molecule has 1 N–H and O–H groups in total. The first-order valence-electron chi connectivity index (χ1n) is 12.0. The SMILES string of the molecule is CC[C@@H](C(=O)NC(C)C)N(Cc1c(Cl)cccc1Cl)C(=O)CCCN(c1cccc(Cl)c1C)S(C)(=O)=O. The van der Waals surface area contributed by atoms with Crippen molar-refractivity contribution in [3.05, 3.63) is 62.6 Å². The minimum absolute atomic E-state index is 0.0131. The summed E-state index contributed by atoms with van der Waals surface area (Å²) in [5.74, 6) is -0.584. The van der Waals surface area contributed by atoms with Crippen LogP contribution in [0, 0.1) is 6.92 Å². The van der Waals surface area contributed by atoms with Crippen LogP contribution in [0.3, 0.4) is 0 Å². The summed E-state index contributed by atoms with van der Waals surface area (Å²) in [5, 5.41) is 4.11. The van der Waals surface area contributed by atoms with Crippen molar-refractivity contribution in [1.29, 1.82) is 0 Å². The maximum atomic E-state index is 13.5. The second kappa shape index (κ2) is 13.7. The number of halogens is 3. The van der Waals surface area contributed by atoms with Crippen LogP contribution in [0.4, 0.5) is 5.69 Å². The summed E-state index contributed by atoms with van der Waals surface area (Å²) in [5.41, 5.74) is 1.64. The zero-order valence-corrected chi connectivity index (χ0v) is 24.8. The molecule has 0 bridgehead atoms. The number of sulfonamides is 1. The highest BCUT2D eigenvalue weighted by Crippen LogP contribution is 2.29. The highest BCUT2D eigenvalue weighted by Gasteiger charge is 2.30. The van der Waals surface area contributed by atoms with Crippen LogP contribution >= 0.6 is 34.8 Å². The van der Waals surface area contributed by atoms with E-state index in [2.05, 4.69) is 5.32 Å². The summed E-state index contributed by atoms with van der Waals surface area (Å²) in [6, 6.07) is 9.27. The third-order valence-corrected chi connectivity index (χ3v) is 8.16. The molecular formula is C26H34Cl3N3O4S. The van der Waals surface area contributed by atoms with Gasteiger partial charge in [0.05, 0.1) is 11.9 Å². The summed E-state index contributed by atoms with van der Waals surface area (Å²) in [7, 11) is -3.63. The van der Waals surface area contributed by atoms with Crippen molar-refractivity contribution in [3.8, 4) is 0 Å². The standard InChI is InChI=1S/C26H34Cl3N3O4S/c1-6-23(26(34)30-17(2)3)31(16-19-21(28)11-7-12-22(19)29)25(33)14-9-15-32(37(5,35)36)24-13-8-10-20(27)18(24)4/h7-8,10-13,17,23H,6,9,14-16H2,1-5H3,(H,30,34)/t23-/m0/s1. The molecule has 0 saturated heterocycles. The van der Waals surface area contributed by atoms with Crippen molar-refractivity contribution >= 4 is 62.3 Å². The normalized spacial score (nSPS) is 12.4. The Morgan fingerprint density at radius 1 is 1.00 bits per heavy atom. The molecule has 0 aliphatic carbocycles. The van der Waals surface area contributed by atoms with Crippen LogP contribution in [0.5, 0.6) is 0 Å². The molecule has 2 aromatic carbocycles. The Morgan fingerprint density at radius 3 is 2.11 bits per heavy atom. The summed E-state index contributed by atoms with van der Waals surface area (Å²) in [6.45, 7) is 7.38. The molecule has 2 rings (SSSR count). The Bertz CT molecular complexity index is 1200. The average Bonchev–Trinajstić information content (AvgIpc) is 2.79. The molecule has 37 heavy (non-hydrogen) atoms. The molecule has 0 unspecified atom stereocenters. The van der Waals surface area contributed by atoms with Gasteiger partial charge in [0.2, 0.25) is 21.8 Å². The van der Waals surface area contributed by atoms with Crippen molar-refractivity contribution in [2.24, 2.45) is 0 Å². The van der Waals surface area contributed by atoms with E-state index < -0.39 is 16.1 Å². The number of carbonyl (C=O) groups is 2. The number of rotatable bonds is 12. The molecular weight excluding hydrogens is 557 g/mol. The van der Waals surface area contributed by atoms with Crippen LogP contribution in [0.15, 0.2) is 36.4 Å². The van der Waals surface area contributed by atoms with Gasteiger partial charge < -0.3 is 10.2 Å². The van der Waals surface area contributed by atoms with E-state index >= 15 is 0 Å². The van der Waals surface area contributed by atoms with Gasteiger partial charge in [0.15, 0.2) is 0 Å². The lowest BCUT2D eigenvalue weighted by molar-refractivity contribution is -0.141. The number of benzene rings is 2. The Kier molecular flexibility index (Phi) is 11.6. The molecule has 0 aliphatic heterocycles. The average molecular weight is 591 g/mol. The maximum absolute atomic E-state index is 13.5. The highest BCUT2D eigenvalue weighted by molar-refractivity contribution is 7.92. The predicted octanol–water partition coefficient (Wildman–Crippen LogP) is 5.83. The van der Waals surface area contributed by atoms with Gasteiger partial charge in [-0.05, 0) is 63.4 Å². The number of carbonyl (C=O) groups excluding carboxylic acids is 2. The molecule has 0 aromatic heterocycles. The number of nitrogens with one attached hydrogen (secondary N) is 1. The molecule has 0 saturated carbocycles. The van der Waals surface area contributed by atoms with E-state index in [9.17, 15) is 18.0 Å². The van der Waals surface area contributed by atoms with Crippen molar-refractivity contribution in [3.63, 3.8) is 0 Å². The second-order valence-electron chi connectivity index (χ2n) is 9.13. The van der Waals surface area contributed by atoms with E-state index in [0.29, 0.717) is 38.3 Å². The van der Waals surface area contributed by atoms with Gasteiger partial charge in [-0.25, -0.2) is 8.42 Å². The predicted molar refractivity (Wildman–Crippen MR) is 152 cm³/mol. The molecule has 0 spiro atoms. The number of amides is 2. The first-order chi connectivity index (χ1) is 17.3. The van der Waals surface area contributed by atoms with E-state index in [-0.39, 0.29) is 43.8 Å². The molecule has 2 amide bonds. The zero-order chi connectivity index (χ0) is 27.9. The number of hydrogen-bond donors (Lipinski definition) is 1. The molecule has 0 radical (unpaired) electrons. The Balaban J connectivity index is 2.31. The van der Waals surface area contributed by atoms with Crippen LogP contribution in [-0.4, -0.2) is 50.0 Å². The van der Waals surface area contributed by atoms with Gasteiger partial charge >= 0.3 is 0 Å². The van der Waals surface area contributed by atoms with Gasteiger partial charge in [0, 0.05) is 46.2 Å². The monoisotopic (exact) mass is 589 g/mol. The van der Waals surface area contributed by atoms with Gasteiger partial charge in [0.25, 0.3) is 0 Å². The Hall–Kier alpha value is -2.00. The zero-order valence-electron chi connectivity index (χ0n) is 21.7. The largest absolute Gasteiger partial charge is 0.352 e. The van der Waals surface area contributed by atoms with Crippen LogP contribution in [0.2, 0.25) is 15.1 Å². The summed E-state index contributed by atoms with van der Waals surface area (Å²) < 4.78 is 26.4. The quantitative estimate of drug-likeness (QED) is 0.337. The lowest BCUT2D eigenvalue weighted by Crippen LogP contribution is -2.50. The minimum Gasteiger partial charge on any atom is -0.352 e. The molecule has 7 nitrogen and oxygen atoms in total. The van der Waals surface area contributed by atoms with Gasteiger partial charge in [0.1, 0.15) is 6.04 Å². The van der Waals surface area contributed by atoms with Gasteiger partial charge in [-0.2, -0.15) is 0 Å². The van der Waals surface area contributed by atoms with Crippen LogP contribution < -0.4 is 9.62 Å². The second-order valence-corrected chi connectivity index (χ2v) is 12.3. The topological polar surface area (TPSA) is 86.8 Å². The first kappa shape index (κ1) is 31.2. The van der Waals surface area contributed by atoms with E-state index in [1.807, 2.05) is 20.8 Å². The van der Waals surface area contributed by atoms with Crippen molar-refractivity contribution in [2.75, 3.05) is 17.1 Å². The summed E-state index contributed by atoms with van der Waals surface area (Å²) >= 11 is 19.0. The van der Waals surface area contributed by atoms with Crippen molar-refractivity contribution in [2.45, 2.75) is 65.6 Å². The Labute approximate surface area is 235 Å². The third-order valence-electron chi connectivity index (χ3n) is 5.87. The molecule has 11 heteroatoms. The van der Waals surface area contributed by atoms with E-state index in [1.54, 1.807) is 43.3 Å². The van der Waals surface area contributed by atoms with Crippen molar-refractivity contribution < 1.29 is 18.0 Å². The van der Waals surface area contributed by atoms with Gasteiger partial charge in [-0.15, -0.1) is 0 Å². The fraction of sp³-hybridized carbons (Fsp3) is 0.462. The number of anilines is 1. The van der Waals surface area contributed by atoms with Crippen LogP contribution in [-0.2, 0) is 26.2 Å². The van der Waals surface area contributed by atoms with Gasteiger partial charge in [-0.1, -0.05) is 53.9 Å². The molecule has 204 valence electrons. The van der Waals surface area contributed by atoms with Crippen LogP contribution in [0.25, 0.3) is 0 Å². The number of hydrogen-bond acceptors (Lipinski definition) is 4. The van der Waals surface area contributed by atoms with E-state index in [0.717, 1.165) is 6.26 Å². The van der Waals surface area contributed by atoms with Crippen LogP contribution in [0.1, 0.15) is 51.2 Å². The minimum atomic E-state index is -3.63. The van der Waals surface area contributed by atoms with Crippen molar-refractivity contribution in [1.82, 2.24) is 10.2 Å². The molecule has 1 atom stereocenters.